The molecule has 90 valence electrons. The number of hydrogen-bond donors (Lipinski definition) is 1. The van der Waals surface area contributed by atoms with Crippen molar-refractivity contribution >= 4 is 23.4 Å². The zero-order chi connectivity index (χ0) is 11.8. The number of likely N-dealkylation sites (N-methyl/N-ethyl adjacent to an activating group) is 1. The minimum atomic E-state index is 0.725. The summed E-state index contributed by atoms with van der Waals surface area (Å²) in [4.78, 5) is 9.92. The lowest BCUT2D eigenvalue weighted by molar-refractivity contribution is 0.288. The van der Waals surface area contributed by atoms with Gasteiger partial charge in [0.2, 0.25) is 0 Å². The number of piperazine rings is 1. The third-order valence-corrected chi connectivity index (χ3v) is 3.46. The summed E-state index contributed by atoms with van der Waals surface area (Å²) < 4.78 is 2.75. The van der Waals surface area contributed by atoms with Crippen molar-refractivity contribution in [2.24, 2.45) is 0 Å². The van der Waals surface area contributed by atoms with Gasteiger partial charge in [-0.05, 0) is 31.4 Å². The topological polar surface area (TPSA) is 40.1 Å². The molecule has 0 unspecified atom stereocenters. The van der Waals surface area contributed by atoms with Gasteiger partial charge in [0.05, 0.1) is 5.52 Å². The van der Waals surface area contributed by atoms with Gasteiger partial charge in [-0.15, -0.1) is 0 Å². The summed E-state index contributed by atoms with van der Waals surface area (Å²) in [6.45, 7) is 4.07. The Morgan fingerprint density at radius 2 is 2.06 bits per heavy atom. The summed E-state index contributed by atoms with van der Waals surface area (Å²) in [6.07, 6.45) is 1.80. The van der Waals surface area contributed by atoms with E-state index in [1.54, 1.807) is 6.20 Å². The van der Waals surface area contributed by atoms with E-state index in [1.807, 2.05) is 16.8 Å². The number of nitrogens with one attached hydrogen (secondary N) is 1. The quantitative estimate of drug-likeness (QED) is 0.765. The average Bonchev–Trinajstić information content (AvgIpc) is 2.66. The van der Waals surface area contributed by atoms with E-state index in [0.29, 0.717) is 0 Å². The maximum Gasteiger partial charge on any atom is 0.198 e. The molecule has 0 saturated carbocycles. The van der Waals surface area contributed by atoms with E-state index in [2.05, 4.69) is 26.9 Å². The van der Waals surface area contributed by atoms with Crippen LogP contribution in [0.2, 0.25) is 0 Å². The van der Waals surface area contributed by atoms with Crippen molar-refractivity contribution in [1.82, 2.24) is 19.5 Å². The zero-order valence-corrected chi connectivity index (χ0v) is 10.6. The SMILES string of the molecule is CN1CCN(n2c(=S)[nH]c3cccnc32)CC1. The number of H-pyrrole nitrogens is 1. The van der Waals surface area contributed by atoms with Crippen LogP contribution in [0.4, 0.5) is 0 Å². The molecule has 0 amide bonds. The van der Waals surface area contributed by atoms with Crippen molar-refractivity contribution in [1.29, 1.82) is 0 Å². The van der Waals surface area contributed by atoms with Gasteiger partial charge in [-0.2, -0.15) is 0 Å². The molecule has 2 aromatic heterocycles. The van der Waals surface area contributed by atoms with Crippen LogP contribution in [0.3, 0.4) is 0 Å². The Kier molecular flexibility index (Phi) is 2.60. The van der Waals surface area contributed by atoms with Crippen LogP contribution in [-0.2, 0) is 0 Å². The van der Waals surface area contributed by atoms with E-state index in [4.69, 9.17) is 12.2 Å². The third-order valence-electron chi connectivity index (χ3n) is 3.18. The van der Waals surface area contributed by atoms with Gasteiger partial charge in [-0.1, -0.05) is 0 Å². The van der Waals surface area contributed by atoms with Crippen LogP contribution in [0.15, 0.2) is 18.3 Å². The van der Waals surface area contributed by atoms with Crippen LogP contribution < -0.4 is 5.01 Å². The predicted octanol–water partition coefficient (Wildman–Crippen LogP) is 0.977. The van der Waals surface area contributed by atoms with Gasteiger partial charge in [0.25, 0.3) is 0 Å². The van der Waals surface area contributed by atoms with E-state index in [0.717, 1.165) is 42.1 Å². The second-order valence-corrected chi connectivity index (χ2v) is 4.76. The monoisotopic (exact) mass is 249 g/mol. The van der Waals surface area contributed by atoms with Crippen LogP contribution >= 0.6 is 12.2 Å². The fraction of sp³-hybridized carbons (Fsp3) is 0.455. The first kappa shape index (κ1) is 10.7. The second kappa shape index (κ2) is 4.12. The molecule has 0 atom stereocenters. The number of aromatic amines is 1. The Labute approximate surface area is 105 Å². The molecule has 0 spiro atoms. The van der Waals surface area contributed by atoms with Gasteiger partial charge in [0.15, 0.2) is 10.4 Å². The zero-order valence-electron chi connectivity index (χ0n) is 9.76. The summed E-state index contributed by atoms with van der Waals surface area (Å²) in [5, 5.41) is 2.26. The van der Waals surface area contributed by atoms with Gasteiger partial charge in [-0.3, -0.25) is 0 Å². The maximum absolute atomic E-state index is 5.38. The fourth-order valence-electron chi connectivity index (χ4n) is 2.19. The van der Waals surface area contributed by atoms with Gasteiger partial charge in [0, 0.05) is 32.4 Å². The lowest BCUT2D eigenvalue weighted by atomic mass is 10.4. The molecule has 1 fully saturated rings. The minimum absolute atomic E-state index is 0.725. The minimum Gasteiger partial charge on any atom is -0.328 e. The molecule has 1 aliphatic heterocycles. The van der Waals surface area contributed by atoms with Gasteiger partial charge in [0.1, 0.15) is 0 Å². The van der Waals surface area contributed by atoms with E-state index >= 15 is 0 Å². The summed E-state index contributed by atoms with van der Waals surface area (Å²) in [5.41, 5.74) is 1.92. The number of aromatic nitrogens is 3. The van der Waals surface area contributed by atoms with Crippen LogP contribution in [0.5, 0.6) is 0 Å². The fourth-order valence-corrected chi connectivity index (χ4v) is 2.50. The molecular formula is C11H15N5S. The Balaban J connectivity index is 2.05. The Bertz CT molecular complexity index is 579. The standard InChI is InChI=1S/C11H15N5S/c1-14-5-7-15(8-6-14)16-10-9(13-11(16)17)3-2-4-12-10/h2-4H,5-8H2,1H3,(H,13,17). The normalized spacial score (nSPS) is 17.8. The van der Waals surface area contributed by atoms with E-state index < -0.39 is 0 Å². The summed E-state index contributed by atoms with van der Waals surface area (Å²) >= 11 is 5.38. The summed E-state index contributed by atoms with van der Waals surface area (Å²) in [7, 11) is 2.14. The highest BCUT2D eigenvalue weighted by Crippen LogP contribution is 2.12. The highest BCUT2D eigenvalue weighted by Gasteiger charge is 2.17. The van der Waals surface area contributed by atoms with Crippen LogP contribution in [0.25, 0.3) is 11.2 Å². The molecule has 5 nitrogen and oxygen atoms in total. The van der Waals surface area contributed by atoms with Crippen molar-refractivity contribution in [2.45, 2.75) is 0 Å². The Morgan fingerprint density at radius 1 is 1.29 bits per heavy atom. The molecule has 3 rings (SSSR count). The molecule has 3 heterocycles. The van der Waals surface area contributed by atoms with E-state index in [9.17, 15) is 0 Å². The lowest BCUT2D eigenvalue weighted by Crippen LogP contribution is -2.49. The number of pyridine rings is 1. The smallest absolute Gasteiger partial charge is 0.198 e. The summed E-state index contributed by atoms with van der Waals surface area (Å²) in [6, 6.07) is 3.92. The van der Waals surface area contributed by atoms with Gasteiger partial charge in [-0.25, -0.2) is 9.66 Å². The van der Waals surface area contributed by atoms with Crippen molar-refractivity contribution in [3.63, 3.8) is 0 Å². The molecule has 0 aromatic carbocycles. The van der Waals surface area contributed by atoms with Crippen LogP contribution in [0, 0.1) is 4.77 Å². The third kappa shape index (κ3) is 1.83. The average molecular weight is 249 g/mol. The first-order chi connectivity index (χ1) is 8.25. The maximum atomic E-state index is 5.38. The molecule has 2 aromatic rings. The predicted molar refractivity (Wildman–Crippen MR) is 70.4 cm³/mol. The van der Waals surface area contributed by atoms with E-state index in [-0.39, 0.29) is 0 Å². The molecule has 1 N–H and O–H groups in total. The van der Waals surface area contributed by atoms with Crippen LogP contribution in [0.1, 0.15) is 0 Å². The van der Waals surface area contributed by atoms with Crippen LogP contribution in [-0.4, -0.2) is 52.8 Å². The number of imidazole rings is 1. The molecule has 0 aliphatic carbocycles. The van der Waals surface area contributed by atoms with Crippen molar-refractivity contribution in [2.75, 3.05) is 38.2 Å². The van der Waals surface area contributed by atoms with Gasteiger partial charge < -0.3 is 14.9 Å². The number of rotatable bonds is 1. The van der Waals surface area contributed by atoms with Crippen molar-refractivity contribution < 1.29 is 0 Å². The first-order valence-corrected chi connectivity index (χ1v) is 6.16. The molecule has 6 heteroatoms. The van der Waals surface area contributed by atoms with E-state index in [1.165, 1.54) is 0 Å². The number of fused-ring (bicyclic) bond motifs is 1. The lowest BCUT2D eigenvalue weighted by Gasteiger charge is -2.34. The Morgan fingerprint density at radius 3 is 2.82 bits per heavy atom. The number of nitrogens with zero attached hydrogens (tertiary/aromatic N) is 4. The molecule has 1 aliphatic rings. The molecule has 0 radical (unpaired) electrons. The largest absolute Gasteiger partial charge is 0.328 e. The van der Waals surface area contributed by atoms with Gasteiger partial charge >= 0.3 is 0 Å². The summed E-state index contributed by atoms with van der Waals surface area (Å²) in [5.74, 6) is 0. The molecule has 1 saturated heterocycles. The van der Waals surface area contributed by atoms with Crippen molar-refractivity contribution in [3.8, 4) is 0 Å². The number of hydrogen-bond acceptors (Lipinski definition) is 4. The molecule has 0 bridgehead atoms. The van der Waals surface area contributed by atoms with Crippen molar-refractivity contribution in [3.05, 3.63) is 23.1 Å². The molecular weight excluding hydrogens is 234 g/mol. The second-order valence-electron chi connectivity index (χ2n) is 4.37. The molecule has 17 heavy (non-hydrogen) atoms. The first-order valence-electron chi connectivity index (χ1n) is 5.75. The Hall–Kier alpha value is -1.40. The highest BCUT2D eigenvalue weighted by atomic mass is 32.1. The highest BCUT2D eigenvalue weighted by molar-refractivity contribution is 7.71.